The van der Waals surface area contributed by atoms with Gasteiger partial charge in [0.2, 0.25) is 5.91 Å². The van der Waals surface area contributed by atoms with Crippen LogP contribution in [0.4, 0.5) is 5.69 Å². The minimum absolute atomic E-state index is 0.0995. The Bertz CT molecular complexity index is 585. The number of esters is 1. The molecule has 0 atom stereocenters. The first-order valence-electron chi connectivity index (χ1n) is 8.70. The highest BCUT2D eigenvalue weighted by Crippen LogP contribution is 2.23. The average molecular weight is 350 g/mol. The van der Waals surface area contributed by atoms with E-state index in [1.54, 1.807) is 6.07 Å². The summed E-state index contributed by atoms with van der Waals surface area (Å²) in [5.41, 5.74) is 0.553. The maximum atomic E-state index is 12.0. The summed E-state index contributed by atoms with van der Waals surface area (Å²) in [7, 11) is 0. The van der Waals surface area contributed by atoms with Crippen LogP contribution >= 0.6 is 0 Å². The molecule has 2 rings (SSSR count). The lowest BCUT2D eigenvalue weighted by molar-refractivity contribution is -0.116. The van der Waals surface area contributed by atoms with E-state index >= 15 is 0 Å². The summed E-state index contributed by atoms with van der Waals surface area (Å²) in [4.78, 5) is 26.1. The van der Waals surface area contributed by atoms with Crippen LogP contribution < -0.4 is 5.32 Å². The fourth-order valence-electron chi connectivity index (χ4n) is 2.48. The number of aromatic hydroxyl groups is 1. The molecule has 1 amide bonds. The largest absolute Gasteiger partial charge is 0.507 e. The van der Waals surface area contributed by atoms with Crippen LogP contribution in [0, 0.1) is 0 Å². The molecule has 1 saturated heterocycles. The zero-order valence-electron chi connectivity index (χ0n) is 14.6. The van der Waals surface area contributed by atoms with Gasteiger partial charge < -0.3 is 19.9 Å². The van der Waals surface area contributed by atoms with E-state index in [9.17, 15) is 14.7 Å². The lowest BCUT2D eigenvalue weighted by Gasteiger charge is -2.26. The lowest BCUT2D eigenvalue weighted by Crippen LogP contribution is -2.38. The molecule has 1 aromatic rings. The fourth-order valence-corrected chi connectivity index (χ4v) is 2.48. The van der Waals surface area contributed by atoms with E-state index in [1.807, 2.05) is 6.92 Å². The van der Waals surface area contributed by atoms with Crippen LogP contribution in [0.2, 0.25) is 0 Å². The van der Waals surface area contributed by atoms with Crippen LogP contribution in [0.15, 0.2) is 18.2 Å². The molecule has 0 bridgehead atoms. The van der Waals surface area contributed by atoms with E-state index in [4.69, 9.17) is 9.47 Å². The van der Waals surface area contributed by atoms with Crippen molar-refractivity contribution in [2.75, 3.05) is 44.8 Å². The van der Waals surface area contributed by atoms with E-state index in [1.165, 1.54) is 12.1 Å². The predicted molar refractivity (Wildman–Crippen MR) is 93.8 cm³/mol. The number of ether oxygens (including phenoxy) is 2. The van der Waals surface area contributed by atoms with Gasteiger partial charge in [-0.15, -0.1) is 0 Å². The Morgan fingerprint density at radius 2 is 2.08 bits per heavy atom. The van der Waals surface area contributed by atoms with Crippen molar-refractivity contribution >= 4 is 17.6 Å². The first kappa shape index (κ1) is 19.2. The molecule has 25 heavy (non-hydrogen) atoms. The molecule has 1 heterocycles. The number of carbonyl (C=O) groups is 2. The summed E-state index contributed by atoms with van der Waals surface area (Å²) >= 11 is 0. The second-order valence-corrected chi connectivity index (χ2v) is 5.97. The standard InChI is InChI=1S/C18H26N2O5/c1-2-3-10-25-18(23)15-5-4-14(13-16(15)21)19-17(22)6-7-20-8-11-24-12-9-20/h4-5,13,21H,2-3,6-12H2,1H3,(H,19,22). The van der Waals surface area contributed by atoms with Gasteiger partial charge in [0, 0.05) is 37.8 Å². The Kier molecular flexibility index (Phi) is 7.69. The highest BCUT2D eigenvalue weighted by atomic mass is 16.5. The Labute approximate surface area is 147 Å². The van der Waals surface area contributed by atoms with E-state index in [2.05, 4.69) is 10.2 Å². The molecule has 1 aromatic carbocycles. The molecule has 0 spiro atoms. The van der Waals surface area contributed by atoms with Crippen molar-refractivity contribution in [1.82, 2.24) is 4.90 Å². The van der Waals surface area contributed by atoms with E-state index < -0.39 is 5.97 Å². The number of hydrogen-bond acceptors (Lipinski definition) is 6. The molecular weight excluding hydrogens is 324 g/mol. The minimum atomic E-state index is -0.559. The molecule has 0 unspecified atom stereocenters. The van der Waals surface area contributed by atoms with E-state index in [0.717, 1.165) is 25.9 Å². The van der Waals surface area contributed by atoms with Gasteiger partial charge in [-0.05, 0) is 18.6 Å². The third kappa shape index (κ3) is 6.36. The summed E-state index contributed by atoms with van der Waals surface area (Å²) in [5.74, 6) is -0.896. The summed E-state index contributed by atoms with van der Waals surface area (Å²) in [6.45, 7) is 6.07. The molecule has 2 N–H and O–H groups in total. The summed E-state index contributed by atoms with van der Waals surface area (Å²) in [5, 5.41) is 12.7. The third-order valence-electron chi connectivity index (χ3n) is 3.99. The molecule has 0 saturated carbocycles. The quantitative estimate of drug-likeness (QED) is 0.551. The van der Waals surface area contributed by atoms with Gasteiger partial charge >= 0.3 is 5.97 Å². The highest BCUT2D eigenvalue weighted by molar-refractivity contribution is 5.95. The van der Waals surface area contributed by atoms with Gasteiger partial charge in [-0.25, -0.2) is 4.79 Å². The smallest absolute Gasteiger partial charge is 0.341 e. The number of anilines is 1. The van der Waals surface area contributed by atoms with Crippen LogP contribution in [-0.4, -0.2) is 61.3 Å². The van der Waals surface area contributed by atoms with Gasteiger partial charge in [-0.3, -0.25) is 9.69 Å². The number of benzene rings is 1. The molecule has 0 aliphatic carbocycles. The number of nitrogens with one attached hydrogen (secondary N) is 1. The monoisotopic (exact) mass is 350 g/mol. The van der Waals surface area contributed by atoms with E-state index in [0.29, 0.717) is 38.5 Å². The van der Waals surface area contributed by atoms with Crippen LogP contribution in [0.3, 0.4) is 0 Å². The van der Waals surface area contributed by atoms with Crippen molar-refractivity contribution in [2.24, 2.45) is 0 Å². The number of hydrogen-bond donors (Lipinski definition) is 2. The molecule has 1 aliphatic heterocycles. The topological polar surface area (TPSA) is 88.1 Å². The zero-order valence-corrected chi connectivity index (χ0v) is 14.6. The Hall–Kier alpha value is -2.12. The maximum Gasteiger partial charge on any atom is 0.341 e. The van der Waals surface area contributed by atoms with Gasteiger partial charge in [0.15, 0.2) is 0 Å². The lowest BCUT2D eigenvalue weighted by atomic mass is 10.1. The van der Waals surface area contributed by atoms with Gasteiger partial charge in [-0.1, -0.05) is 13.3 Å². The minimum Gasteiger partial charge on any atom is -0.507 e. The Morgan fingerprint density at radius 1 is 1.32 bits per heavy atom. The normalized spacial score (nSPS) is 14.9. The van der Waals surface area contributed by atoms with Crippen LogP contribution in [-0.2, 0) is 14.3 Å². The highest BCUT2D eigenvalue weighted by Gasteiger charge is 2.15. The average Bonchev–Trinajstić information content (AvgIpc) is 2.61. The van der Waals surface area contributed by atoms with Gasteiger partial charge in [0.25, 0.3) is 0 Å². The SMILES string of the molecule is CCCCOC(=O)c1ccc(NC(=O)CCN2CCOCC2)cc1O. The number of rotatable bonds is 8. The molecule has 1 fully saturated rings. The number of amides is 1. The number of morpholine rings is 1. The second-order valence-electron chi connectivity index (χ2n) is 5.97. The number of unbranched alkanes of at least 4 members (excludes halogenated alkanes) is 1. The van der Waals surface area contributed by atoms with Crippen molar-refractivity contribution in [2.45, 2.75) is 26.2 Å². The van der Waals surface area contributed by atoms with E-state index in [-0.39, 0.29) is 17.2 Å². The van der Waals surface area contributed by atoms with Crippen molar-refractivity contribution in [3.63, 3.8) is 0 Å². The van der Waals surface area contributed by atoms with Crippen molar-refractivity contribution in [3.05, 3.63) is 23.8 Å². The predicted octanol–water partition coefficient (Wildman–Crippen LogP) is 2.01. The van der Waals surface area contributed by atoms with Crippen molar-refractivity contribution in [1.29, 1.82) is 0 Å². The zero-order chi connectivity index (χ0) is 18.1. The van der Waals surface area contributed by atoms with Crippen LogP contribution in [0.25, 0.3) is 0 Å². The number of phenols is 1. The molecule has 0 radical (unpaired) electrons. The molecule has 138 valence electrons. The third-order valence-corrected chi connectivity index (χ3v) is 3.99. The molecular formula is C18H26N2O5. The summed E-state index contributed by atoms with van der Waals surface area (Å²) in [6, 6.07) is 4.41. The Morgan fingerprint density at radius 3 is 2.76 bits per heavy atom. The number of phenolic OH excluding ortho intramolecular Hbond substituents is 1. The van der Waals surface area contributed by atoms with Gasteiger partial charge in [0.05, 0.1) is 19.8 Å². The summed E-state index contributed by atoms with van der Waals surface area (Å²) < 4.78 is 10.3. The first-order valence-corrected chi connectivity index (χ1v) is 8.70. The Balaban J connectivity index is 1.82. The molecule has 0 aromatic heterocycles. The van der Waals surface area contributed by atoms with Gasteiger partial charge in [0.1, 0.15) is 11.3 Å². The molecule has 1 aliphatic rings. The van der Waals surface area contributed by atoms with Crippen molar-refractivity contribution in [3.8, 4) is 5.75 Å². The van der Waals surface area contributed by atoms with Crippen molar-refractivity contribution < 1.29 is 24.2 Å². The first-order chi connectivity index (χ1) is 12.1. The molecule has 7 heteroatoms. The second kappa shape index (κ2) is 10.0. The molecule has 7 nitrogen and oxygen atoms in total. The van der Waals surface area contributed by atoms with Gasteiger partial charge in [-0.2, -0.15) is 0 Å². The fraction of sp³-hybridized carbons (Fsp3) is 0.556. The summed E-state index contributed by atoms with van der Waals surface area (Å²) in [6.07, 6.45) is 2.07. The van der Waals surface area contributed by atoms with Crippen LogP contribution in [0.5, 0.6) is 5.75 Å². The number of carbonyl (C=O) groups excluding carboxylic acids is 2. The maximum absolute atomic E-state index is 12.0. The van der Waals surface area contributed by atoms with Crippen LogP contribution in [0.1, 0.15) is 36.5 Å². The number of nitrogens with zero attached hydrogens (tertiary/aromatic N) is 1.